The van der Waals surface area contributed by atoms with Crippen LogP contribution in [0.25, 0.3) is 0 Å². The number of likely N-dealkylation sites (N-methyl/N-ethyl adjacent to an activating group) is 1. The number of hydrogen-bond donors (Lipinski definition) is 1. The summed E-state index contributed by atoms with van der Waals surface area (Å²) in [5.41, 5.74) is 4.03. The molecule has 1 fully saturated rings. The molecular weight excluding hydrogens is 410 g/mol. The second kappa shape index (κ2) is 9.44. The lowest BCUT2D eigenvalue weighted by molar-refractivity contribution is -0.113. The summed E-state index contributed by atoms with van der Waals surface area (Å²) in [6, 6.07) is 7.95. The van der Waals surface area contributed by atoms with Gasteiger partial charge in [0.05, 0.1) is 11.4 Å². The van der Waals surface area contributed by atoms with Gasteiger partial charge in [0.25, 0.3) is 0 Å². The predicted molar refractivity (Wildman–Crippen MR) is 126 cm³/mol. The van der Waals surface area contributed by atoms with Crippen molar-refractivity contribution in [2.45, 2.75) is 44.1 Å². The molecule has 2 aromatic rings. The number of aromatic nitrogens is 2. The Morgan fingerprint density at radius 1 is 1.13 bits per heavy atom. The molecule has 2 heterocycles. The fourth-order valence-electron chi connectivity index (χ4n) is 4.20. The zero-order valence-electron chi connectivity index (χ0n) is 18.6. The number of fused-ring (bicyclic) bond motifs is 1. The van der Waals surface area contributed by atoms with Gasteiger partial charge in [-0.2, -0.15) is 4.98 Å². The van der Waals surface area contributed by atoms with Crippen LogP contribution < -0.4 is 16.0 Å². The average Bonchev–Trinajstić information content (AvgIpc) is 3.23. The summed E-state index contributed by atoms with van der Waals surface area (Å²) in [6.45, 7) is 7.83. The molecular formula is C23H31N5O2S. The van der Waals surface area contributed by atoms with Gasteiger partial charge in [-0.15, -0.1) is 0 Å². The molecule has 0 saturated carbocycles. The largest absolute Gasteiger partial charge is 0.367 e. The molecule has 1 amide bonds. The minimum absolute atomic E-state index is 0.0842. The fourth-order valence-corrected chi connectivity index (χ4v) is 5.08. The number of amides is 1. The molecule has 7 nitrogen and oxygen atoms in total. The van der Waals surface area contributed by atoms with Gasteiger partial charge in [-0.3, -0.25) is 4.79 Å². The van der Waals surface area contributed by atoms with Crippen molar-refractivity contribution in [2.75, 3.05) is 49.3 Å². The van der Waals surface area contributed by atoms with E-state index in [1.54, 1.807) is 4.68 Å². The SMILES string of the molecule is CC(C)c1ccc(NC(=O)CSc2nc(=O)n(N3CCN(C)CC3)c3c2CCC3)cc1. The zero-order valence-corrected chi connectivity index (χ0v) is 19.4. The van der Waals surface area contributed by atoms with Crippen molar-refractivity contribution in [3.05, 3.63) is 51.6 Å². The van der Waals surface area contributed by atoms with Crippen molar-refractivity contribution in [2.24, 2.45) is 0 Å². The van der Waals surface area contributed by atoms with Crippen LogP contribution in [0.2, 0.25) is 0 Å². The Morgan fingerprint density at radius 3 is 2.52 bits per heavy atom. The summed E-state index contributed by atoms with van der Waals surface area (Å²) < 4.78 is 1.80. The highest BCUT2D eigenvalue weighted by Crippen LogP contribution is 2.29. The van der Waals surface area contributed by atoms with Gasteiger partial charge in [0.1, 0.15) is 5.03 Å². The Labute approximate surface area is 187 Å². The standard InChI is InChI=1S/C23H31N5O2S/c1-16(2)17-7-9-18(10-8-17)24-21(29)15-31-22-19-5-4-6-20(19)28(23(30)25-22)27-13-11-26(3)12-14-27/h7-10,16H,4-6,11-15H2,1-3H3,(H,24,29). The van der Waals surface area contributed by atoms with E-state index in [1.165, 1.54) is 17.3 Å². The third-order valence-electron chi connectivity index (χ3n) is 6.04. The molecule has 166 valence electrons. The number of thioether (sulfide) groups is 1. The molecule has 0 unspecified atom stereocenters. The van der Waals surface area contributed by atoms with Crippen molar-refractivity contribution in [3.63, 3.8) is 0 Å². The van der Waals surface area contributed by atoms with E-state index in [1.807, 2.05) is 24.3 Å². The van der Waals surface area contributed by atoms with E-state index in [4.69, 9.17) is 0 Å². The maximum Gasteiger partial charge on any atom is 0.367 e. The van der Waals surface area contributed by atoms with Gasteiger partial charge >= 0.3 is 5.69 Å². The number of anilines is 1. The average molecular weight is 442 g/mol. The van der Waals surface area contributed by atoms with E-state index in [0.29, 0.717) is 10.9 Å². The van der Waals surface area contributed by atoms with Gasteiger partial charge in [-0.25, -0.2) is 9.47 Å². The lowest BCUT2D eigenvalue weighted by atomic mass is 10.0. The van der Waals surface area contributed by atoms with Crippen LogP contribution in [0.1, 0.15) is 43.0 Å². The molecule has 4 rings (SSSR count). The number of rotatable bonds is 6. The first-order valence-electron chi connectivity index (χ1n) is 11.0. The topological polar surface area (TPSA) is 70.5 Å². The molecule has 1 aromatic carbocycles. The van der Waals surface area contributed by atoms with Crippen molar-refractivity contribution in [1.29, 1.82) is 0 Å². The fraction of sp³-hybridized carbons (Fsp3) is 0.522. The van der Waals surface area contributed by atoms with Crippen molar-refractivity contribution in [1.82, 2.24) is 14.6 Å². The number of carbonyl (C=O) groups is 1. The van der Waals surface area contributed by atoms with E-state index >= 15 is 0 Å². The van der Waals surface area contributed by atoms with E-state index in [2.05, 4.69) is 41.1 Å². The first-order valence-corrected chi connectivity index (χ1v) is 12.0. The first-order chi connectivity index (χ1) is 14.9. The highest BCUT2D eigenvalue weighted by atomic mass is 32.2. The summed E-state index contributed by atoms with van der Waals surface area (Å²) in [4.78, 5) is 32.0. The van der Waals surface area contributed by atoms with Crippen LogP contribution in [-0.4, -0.2) is 59.4 Å². The molecule has 0 spiro atoms. The number of benzene rings is 1. The lowest BCUT2D eigenvalue weighted by Gasteiger charge is -2.35. The first kappa shape index (κ1) is 21.9. The van der Waals surface area contributed by atoms with Crippen LogP contribution in [0.15, 0.2) is 34.1 Å². The molecule has 1 aliphatic heterocycles. The highest BCUT2D eigenvalue weighted by molar-refractivity contribution is 8.00. The Hall–Kier alpha value is -2.32. The summed E-state index contributed by atoms with van der Waals surface area (Å²) >= 11 is 1.37. The second-order valence-corrected chi connectivity index (χ2v) is 9.62. The van der Waals surface area contributed by atoms with E-state index in [0.717, 1.165) is 62.4 Å². The molecule has 31 heavy (non-hydrogen) atoms. The van der Waals surface area contributed by atoms with Crippen molar-refractivity contribution < 1.29 is 4.79 Å². The zero-order chi connectivity index (χ0) is 22.0. The molecule has 1 aromatic heterocycles. The lowest BCUT2D eigenvalue weighted by Crippen LogP contribution is -2.54. The molecule has 2 aliphatic rings. The minimum atomic E-state index is -0.225. The van der Waals surface area contributed by atoms with Crippen LogP contribution in [0.4, 0.5) is 5.69 Å². The third-order valence-corrected chi connectivity index (χ3v) is 7.06. The molecule has 1 saturated heterocycles. The predicted octanol–water partition coefficient (Wildman–Crippen LogP) is 2.47. The number of carbonyl (C=O) groups excluding carboxylic acids is 1. The van der Waals surface area contributed by atoms with Crippen LogP contribution >= 0.6 is 11.8 Å². The van der Waals surface area contributed by atoms with Crippen molar-refractivity contribution >= 4 is 23.4 Å². The monoisotopic (exact) mass is 441 g/mol. The summed E-state index contributed by atoms with van der Waals surface area (Å²) in [6.07, 6.45) is 2.83. The summed E-state index contributed by atoms with van der Waals surface area (Å²) in [5.74, 6) is 0.615. The molecule has 1 N–H and O–H groups in total. The number of hydrogen-bond acceptors (Lipinski definition) is 6. The third kappa shape index (κ3) is 4.96. The normalized spacial score (nSPS) is 16.6. The van der Waals surface area contributed by atoms with Crippen LogP contribution in [0.3, 0.4) is 0 Å². The quantitative estimate of drug-likeness (QED) is 0.549. The molecule has 1 aliphatic carbocycles. The van der Waals surface area contributed by atoms with Gasteiger partial charge in [0, 0.05) is 37.4 Å². The molecule has 8 heteroatoms. The van der Waals surface area contributed by atoms with Crippen LogP contribution in [0, 0.1) is 0 Å². The smallest absolute Gasteiger partial charge is 0.325 e. The molecule has 0 atom stereocenters. The van der Waals surface area contributed by atoms with E-state index < -0.39 is 0 Å². The second-order valence-electron chi connectivity index (χ2n) is 8.66. The van der Waals surface area contributed by atoms with Gasteiger partial charge in [0.15, 0.2) is 0 Å². The van der Waals surface area contributed by atoms with Gasteiger partial charge in [-0.05, 0) is 49.9 Å². The van der Waals surface area contributed by atoms with Gasteiger partial charge in [-0.1, -0.05) is 37.7 Å². The Kier molecular flexibility index (Phi) is 6.67. The summed E-state index contributed by atoms with van der Waals surface area (Å²) in [5, 5.41) is 5.79. The maximum absolute atomic E-state index is 12.9. The van der Waals surface area contributed by atoms with Crippen molar-refractivity contribution in [3.8, 4) is 0 Å². The number of nitrogens with one attached hydrogen (secondary N) is 1. The number of nitrogens with zero attached hydrogens (tertiary/aromatic N) is 4. The summed E-state index contributed by atoms with van der Waals surface area (Å²) in [7, 11) is 2.10. The highest BCUT2D eigenvalue weighted by Gasteiger charge is 2.26. The van der Waals surface area contributed by atoms with E-state index in [9.17, 15) is 9.59 Å². The number of piperazine rings is 1. The van der Waals surface area contributed by atoms with Gasteiger partial charge in [0.2, 0.25) is 5.91 Å². The Balaban J connectivity index is 1.44. The Morgan fingerprint density at radius 2 is 1.84 bits per heavy atom. The maximum atomic E-state index is 12.9. The van der Waals surface area contributed by atoms with Crippen LogP contribution in [-0.2, 0) is 17.6 Å². The Bertz CT molecular complexity index is 994. The van der Waals surface area contributed by atoms with E-state index in [-0.39, 0.29) is 17.3 Å². The molecule has 0 bridgehead atoms. The molecule has 0 radical (unpaired) electrons. The minimum Gasteiger partial charge on any atom is -0.325 e. The van der Waals surface area contributed by atoms with Crippen LogP contribution in [0.5, 0.6) is 0 Å². The van der Waals surface area contributed by atoms with Gasteiger partial charge < -0.3 is 15.2 Å².